The molecule has 0 radical (unpaired) electrons. The van der Waals surface area contributed by atoms with Gasteiger partial charge < -0.3 is 10.1 Å². The minimum atomic E-state index is -0.423. The van der Waals surface area contributed by atoms with Crippen LogP contribution in [0.2, 0.25) is 5.02 Å². The summed E-state index contributed by atoms with van der Waals surface area (Å²) in [6.45, 7) is 6.07. The second-order valence-electron chi connectivity index (χ2n) is 6.28. The van der Waals surface area contributed by atoms with Crippen LogP contribution in [-0.4, -0.2) is 26.4 Å². The summed E-state index contributed by atoms with van der Waals surface area (Å²) in [5, 5.41) is 12.1. The van der Waals surface area contributed by atoms with Crippen LogP contribution in [0.3, 0.4) is 0 Å². The molecule has 3 aromatic rings. The van der Waals surface area contributed by atoms with Gasteiger partial charge in [0.15, 0.2) is 17.1 Å². The summed E-state index contributed by atoms with van der Waals surface area (Å²) >= 11 is 7.39. The number of nitrogens with one attached hydrogen (secondary N) is 1. The van der Waals surface area contributed by atoms with Crippen LogP contribution in [0.4, 0.5) is 10.1 Å². The Labute approximate surface area is 183 Å². The van der Waals surface area contributed by atoms with Crippen LogP contribution in [0.5, 0.6) is 5.75 Å². The van der Waals surface area contributed by atoms with E-state index in [2.05, 4.69) is 22.1 Å². The first-order chi connectivity index (χ1) is 14.5. The maximum absolute atomic E-state index is 13.3. The fraction of sp³-hybridized carbons (Fsp3) is 0.190. The molecular weight excluding hydrogens is 427 g/mol. The first kappa shape index (κ1) is 21.9. The summed E-state index contributed by atoms with van der Waals surface area (Å²) in [4.78, 5) is 12.2. The van der Waals surface area contributed by atoms with E-state index < -0.39 is 11.9 Å². The lowest BCUT2D eigenvalue weighted by Crippen LogP contribution is -2.15. The summed E-state index contributed by atoms with van der Waals surface area (Å²) in [5.41, 5.74) is 0.399. The molecule has 3 rings (SSSR count). The number of carbonyl (C=O) groups excluding carboxylic acids is 1. The van der Waals surface area contributed by atoms with Crippen molar-refractivity contribution >= 4 is 35.0 Å². The van der Waals surface area contributed by atoms with Crippen LogP contribution < -0.4 is 10.1 Å². The maximum atomic E-state index is 13.3. The number of halogens is 2. The summed E-state index contributed by atoms with van der Waals surface area (Å²) in [7, 11) is 0. The van der Waals surface area contributed by atoms with Crippen molar-refractivity contribution in [2.24, 2.45) is 0 Å². The van der Waals surface area contributed by atoms with E-state index >= 15 is 0 Å². The minimum absolute atomic E-state index is 0.0888. The van der Waals surface area contributed by atoms with E-state index in [0.29, 0.717) is 34.0 Å². The van der Waals surface area contributed by atoms with E-state index in [1.54, 1.807) is 24.3 Å². The third kappa shape index (κ3) is 5.61. The number of aromatic nitrogens is 3. The maximum Gasteiger partial charge on any atom is 0.234 e. The number of hydrogen-bond acceptors (Lipinski definition) is 5. The smallest absolute Gasteiger partial charge is 0.234 e. The molecule has 1 heterocycles. The predicted molar refractivity (Wildman–Crippen MR) is 116 cm³/mol. The van der Waals surface area contributed by atoms with Gasteiger partial charge in [0.1, 0.15) is 11.6 Å². The molecule has 30 heavy (non-hydrogen) atoms. The third-order valence-electron chi connectivity index (χ3n) is 4.00. The summed E-state index contributed by atoms with van der Waals surface area (Å²) in [5.74, 6) is 0.529. The highest BCUT2D eigenvalue weighted by Gasteiger charge is 2.20. The summed E-state index contributed by atoms with van der Waals surface area (Å²) in [6.07, 6.45) is 1.29. The molecule has 0 saturated heterocycles. The van der Waals surface area contributed by atoms with Crippen LogP contribution in [0, 0.1) is 5.82 Å². The van der Waals surface area contributed by atoms with Gasteiger partial charge in [0.25, 0.3) is 0 Å². The Kier molecular flexibility index (Phi) is 7.48. The molecule has 0 saturated carbocycles. The monoisotopic (exact) mass is 446 g/mol. The first-order valence-corrected chi connectivity index (χ1v) is 10.5. The van der Waals surface area contributed by atoms with Crippen molar-refractivity contribution in [3.05, 3.63) is 77.9 Å². The molecule has 0 aliphatic heterocycles. The normalized spacial score (nSPS) is 11.7. The Morgan fingerprint density at radius 3 is 2.87 bits per heavy atom. The van der Waals surface area contributed by atoms with E-state index in [1.165, 1.54) is 30.0 Å². The van der Waals surface area contributed by atoms with Gasteiger partial charge in [-0.1, -0.05) is 47.6 Å². The largest absolute Gasteiger partial charge is 0.481 e. The molecule has 156 valence electrons. The van der Waals surface area contributed by atoms with E-state index in [-0.39, 0.29) is 11.7 Å². The van der Waals surface area contributed by atoms with Crippen molar-refractivity contribution in [2.45, 2.75) is 24.7 Å². The van der Waals surface area contributed by atoms with E-state index in [1.807, 2.05) is 23.6 Å². The van der Waals surface area contributed by atoms with Crippen molar-refractivity contribution < 1.29 is 13.9 Å². The number of amides is 1. The standard InChI is InChI=1S/C21H20ClFN4O2S/c1-3-11-27-20(14(2)29-18-10-5-4-9-17(18)22)25-26-21(27)30-13-19(28)24-16-8-6-7-15(23)12-16/h3-10,12,14H,1,11,13H2,2H3,(H,24,28). The van der Waals surface area contributed by atoms with Gasteiger partial charge in [0.2, 0.25) is 5.91 Å². The van der Waals surface area contributed by atoms with E-state index in [0.717, 1.165) is 0 Å². The Morgan fingerprint density at radius 2 is 2.13 bits per heavy atom. The number of rotatable bonds is 9. The second-order valence-corrected chi connectivity index (χ2v) is 7.63. The number of benzene rings is 2. The Hall–Kier alpha value is -2.84. The van der Waals surface area contributed by atoms with E-state index in [4.69, 9.17) is 16.3 Å². The van der Waals surface area contributed by atoms with E-state index in [9.17, 15) is 9.18 Å². The number of nitrogens with zero attached hydrogens (tertiary/aromatic N) is 3. The highest BCUT2D eigenvalue weighted by Crippen LogP contribution is 2.29. The van der Waals surface area contributed by atoms with Gasteiger partial charge in [-0.25, -0.2) is 4.39 Å². The molecule has 6 nitrogen and oxygen atoms in total. The van der Waals surface area contributed by atoms with Gasteiger partial charge in [0, 0.05) is 12.2 Å². The Bertz CT molecular complexity index is 1040. The summed E-state index contributed by atoms with van der Waals surface area (Å²) < 4.78 is 21.0. The number of para-hydroxylation sites is 1. The molecule has 0 bridgehead atoms. The number of carbonyl (C=O) groups is 1. The third-order valence-corrected chi connectivity index (χ3v) is 5.28. The highest BCUT2D eigenvalue weighted by atomic mass is 35.5. The Balaban J connectivity index is 1.68. The van der Waals surface area contributed by atoms with Crippen LogP contribution in [0.15, 0.2) is 66.3 Å². The molecular formula is C21H20ClFN4O2S. The number of anilines is 1. The van der Waals surface area contributed by atoms with Crippen LogP contribution in [0.1, 0.15) is 18.9 Å². The number of allylic oxidation sites excluding steroid dienone is 1. The number of thioether (sulfide) groups is 1. The lowest BCUT2D eigenvalue weighted by Gasteiger charge is -2.16. The first-order valence-electron chi connectivity index (χ1n) is 9.11. The van der Waals surface area contributed by atoms with Gasteiger partial charge >= 0.3 is 0 Å². The summed E-state index contributed by atoms with van der Waals surface area (Å²) in [6, 6.07) is 12.9. The van der Waals surface area contributed by atoms with Crippen molar-refractivity contribution in [2.75, 3.05) is 11.1 Å². The molecule has 0 fully saturated rings. The molecule has 1 aromatic heterocycles. The highest BCUT2D eigenvalue weighted by molar-refractivity contribution is 7.99. The average molecular weight is 447 g/mol. The zero-order chi connectivity index (χ0) is 21.5. The number of ether oxygens (including phenoxy) is 1. The minimum Gasteiger partial charge on any atom is -0.481 e. The van der Waals surface area contributed by atoms with Crippen LogP contribution in [0.25, 0.3) is 0 Å². The Morgan fingerprint density at radius 1 is 1.33 bits per heavy atom. The van der Waals surface area contributed by atoms with Gasteiger partial charge in [-0.2, -0.15) is 0 Å². The molecule has 0 spiro atoms. The molecule has 0 aliphatic carbocycles. The van der Waals surface area contributed by atoms with Crippen molar-refractivity contribution in [1.29, 1.82) is 0 Å². The van der Waals surface area contributed by atoms with Crippen molar-refractivity contribution in [3.63, 3.8) is 0 Å². The molecule has 2 aromatic carbocycles. The van der Waals surface area contributed by atoms with Gasteiger partial charge in [0.05, 0.1) is 10.8 Å². The molecule has 1 N–H and O–H groups in total. The lowest BCUT2D eigenvalue weighted by molar-refractivity contribution is -0.113. The van der Waals surface area contributed by atoms with Gasteiger partial charge in [-0.05, 0) is 37.3 Å². The van der Waals surface area contributed by atoms with Gasteiger partial charge in [-0.3, -0.25) is 9.36 Å². The van der Waals surface area contributed by atoms with Crippen molar-refractivity contribution in [1.82, 2.24) is 14.8 Å². The van der Waals surface area contributed by atoms with Crippen LogP contribution in [-0.2, 0) is 11.3 Å². The molecule has 1 unspecified atom stereocenters. The van der Waals surface area contributed by atoms with Crippen molar-refractivity contribution in [3.8, 4) is 5.75 Å². The fourth-order valence-electron chi connectivity index (χ4n) is 2.69. The average Bonchev–Trinajstić information content (AvgIpc) is 3.11. The fourth-order valence-corrected chi connectivity index (χ4v) is 3.62. The molecule has 9 heteroatoms. The number of hydrogen-bond donors (Lipinski definition) is 1. The zero-order valence-electron chi connectivity index (χ0n) is 16.2. The molecule has 0 aliphatic rings. The predicted octanol–water partition coefficient (Wildman–Crippen LogP) is 5.13. The van der Waals surface area contributed by atoms with Gasteiger partial charge in [-0.15, -0.1) is 16.8 Å². The van der Waals surface area contributed by atoms with Crippen LogP contribution >= 0.6 is 23.4 Å². The second kappa shape index (κ2) is 10.3. The molecule has 1 atom stereocenters. The lowest BCUT2D eigenvalue weighted by atomic mass is 10.3. The molecule has 1 amide bonds. The topological polar surface area (TPSA) is 69.0 Å². The SMILES string of the molecule is C=CCn1c(SCC(=O)Nc2cccc(F)c2)nnc1C(C)Oc1ccccc1Cl. The zero-order valence-corrected chi connectivity index (χ0v) is 17.8. The quantitative estimate of drug-likeness (QED) is 0.364.